The summed E-state index contributed by atoms with van der Waals surface area (Å²) < 4.78 is 6.25. The van der Waals surface area contributed by atoms with Crippen LogP contribution in [0.25, 0.3) is 0 Å². The monoisotopic (exact) mass is 341 g/mol. The Morgan fingerprint density at radius 3 is 2.72 bits per heavy atom. The first kappa shape index (κ1) is 16.6. The molecule has 3 aliphatic heterocycles. The lowest BCUT2D eigenvalue weighted by molar-refractivity contribution is -0.105. The van der Waals surface area contributed by atoms with Gasteiger partial charge in [-0.3, -0.25) is 14.7 Å². The van der Waals surface area contributed by atoms with Crippen LogP contribution in [-0.4, -0.2) is 54.5 Å². The Labute approximate surface area is 149 Å². The number of aldehydes is 1. The molecule has 25 heavy (non-hydrogen) atoms. The van der Waals surface area contributed by atoms with Crippen molar-refractivity contribution in [2.75, 3.05) is 31.2 Å². The molecule has 1 aromatic rings. The second kappa shape index (κ2) is 6.81. The Morgan fingerprint density at radius 1 is 1.24 bits per heavy atom. The molecule has 3 aliphatic rings. The molecule has 2 saturated heterocycles. The van der Waals surface area contributed by atoms with Gasteiger partial charge in [-0.2, -0.15) is 0 Å². The molecule has 1 atom stereocenters. The molecule has 0 radical (unpaired) electrons. The van der Waals surface area contributed by atoms with Crippen LogP contribution < -0.4 is 9.75 Å². The third kappa shape index (κ3) is 3.18. The molecule has 0 amide bonds. The van der Waals surface area contributed by atoms with Crippen molar-refractivity contribution in [3.63, 3.8) is 0 Å². The molecule has 1 aromatic carbocycles. The molecule has 0 spiro atoms. The van der Waals surface area contributed by atoms with Crippen molar-refractivity contribution in [1.82, 2.24) is 9.91 Å². The van der Waals surface area contributed by atoms with Crippen LogP contribution in [0.5, 0.6) is 5.75 Å². The number of carbonyl (C=O) groups excluding carboxylic acids is 1. The van der Waals surface area contributed by atoms with Crippen molar-refractivity contribution in [2.45, 2.75) is 45.3 Å². The van der Waals surface area contributed by atoms with E-state index in [9.17, 15) is 4.79 Å². The fourth-order valence-electron chi connectivity index (χ4n) is 3.87. The first-order chi connectivity index (χ1) is 12.2. The minimum absolute atomic E-state index is 0.275. The summed E-state index contributed by atoms with van der Waals surface area (Å²) in [6.45, 7) is 8.61. The number of hydrogen-bond donors (Lipinski definition) is 0. The number of nitrogens with zero attached hydrogens (tertiary/aromatic N) is 3. The van der Waals surface area contributed by atoms with Crippen molar-refractivity contribution in [3.8, 4) is 5.75 Å². The van der Waals surface area contributed by atoms with Crippen LogP contribution in [-0.2, 0) is 11.2 Å². The van der Waals surface area contributed by atoms with Gasteiger partial charge in [-0.05, 0) is 56.9 Å². The molecular weight excluding hydrogens is 314 g/mol. The number of anilines is 1. The van der Waals surface area contributed by atoms with Gasteiger partial charge in [0.1, 0.15) is 11.9 Å². The van der Waals surface area contributed by atoms with Gasteiger partial charge in [0.15, 0.2) is 6.29 Å². The molecule has 0 N–H and O–H groups in total. The van der Waals surface area contributed by atoms with E-state index in [1.807, 2.05) is 6.08 Å². The van der Waals surface area contributed by atoms with Crippen LogP contribution >= 0.6 is 0 Å². The highest BCUT2D eigenvalue weighted by molar-refractivity contribution is 5.82. The number of benzene rings is 1. The average Bonchev–Trinajstić information content (AvgIpc) is 3.02. The van der Waals surface area contributed by atoms with Gasteiger partial charge in [-0.15, -0.1) is 0 Å². The highest BCUT2D eigenvalue weighted by Crippen LogP contribution is 2.35. The molecule has 0 saturated carbocycles. The number of hydrogen-bond acceptors (Lipinski definition) is 5. The average molecular weight is 341 g/mol. The van der Waals surface area contributed by atoms with E-state index in [1.54, 1.807) is 0 Å². The Balaban J connectivity index is 1.51. The van der Waals surface area contributed by atoms with Crippen molar-refractivity contribution in [3.05, 3.63) is 35.5 Å². The number of likely N-dealkylation sites (tertiary alicyclic amines) is 1. The van der Waals surface area contributed by atoms with E-state index in [4.69, 9.17) is 4.74 Å². The van der Waals surface area contributed by atoms with Crippen LogP contribution in [0.4, 0.5) is 5.69 Å². The van der Waals surface area contributed by atoms with Crippen molar-refractivity contribution < 1.29 is 9.53 Å². The van der Waals surface area contributed by atoms with E-state index < -0.39 is 0 Å². The van der Waals surface area contributed by atoms with E-state index in [0.717, 1.165) is 62.4 Å². The summed E-state index contributed by atoms with van der Waals surface area (Å²) in [5, 5.41) is 4.31. The lowest BCUT2D eigenvalue weighted by Crippen LogP contribution is -2.51. The Hall–Kier alpha value is -1.85. The fourth-order valence-corrected chi connectivity index (χ4v) is 3.87. The van der Waals surface area contributed by atoms with Gasteiger partial charge in [0.25, 0.3) is 0 Å². The van der Waals surface area contributed by atoms with Gasteiger partial charge < -0.3 is 4.74 Å². The Morgan fingerprint density at radius 2 is 2.08 bits per heavy atom. The van der Waals surface area contributed by atoms with Crippen molar-refractivity contribution in [2.24, 2.45) is 0 Å². The standard InChI is InChI=1S/C20H27N3O2/c1-15(2)21-11-8-19(13-21)25-18-6-7-20-16(12-18)4-5-17(14-24)23(20)22-9-3-10-22/h5-7,12,14-15,19H,3-4,8-11,13H2,1-2H3. The highest BCUT2D eigenvalue weighted by atomic mass is 16.5. The molecule has 1 unspecified atom stereocenters. The normalized spacial score (nSPS) is 24.0. The van der Waals surface area contributed by atoms with Crippen LogP contribution in [0.2, 0.25) is 0 Å². The zero-order valence-electron chi connectivity index (χ0n) is 15.1. The molecule has 4 rings (SSSR count). The summed E-state index contributed by atoms with van der Waals surface area (Å²) in [4.78, 5) is 13.9. The van der Waals surface area contributed by atoms with Gasteiger partial charge in [0, 0.05) is 32.2 Å². The summed E-state index contributed by atoms with van der Waals surface area (Å²) in [6, 6.07) is 6.89. The van der Waals surface area contributed by atoms with Crippen LogP contribution in [0.1, 0.15) is 32.3 Å². The van der Waals surface area contributed by atoms with E-state index >= 15 is 0 Å². The van der Waals surface area contributed by atoms with E-state index in [1.165, 1.54) is 12.0 Å². The summed E-state index contributed by atoms with van der Waals surface area (Å²) in [7, 11) is 0. The van der Waals surface area contributed by atoms with E-state index in [0.29, 0.717) is 6.04 Å². The number of hydrazine groups is 1. The Kier molecular flexibility index (Phi) is 4.52. The molecular formula is C20H27N3O2. The first-order valence-electron chi connectivity index (χ1n) is 9.39. The van der Waals surface area contributed by atoms with Gasteiger partial charge in [-0.25, -0.2) is 5.01 Å². The molecule has 0 bridgehead atoms. The molecule has 5 nitrogen and oxygen atoms in total. The number of ether oxygens (including phenoxy) is 1. The van der Waals surface area contributed by atoms with Gasteiger partial charge >= 0.3 is 0 Å². The first-order valence-corrected chi connectivity index (χ1v) is 9.39. The summed E-state index contributed by atoms with van der Waals surface area (Å²) >= 11 is 0. The summed E-state index contributed by atoms with van der Waals surface area (Å²) in [5.74, 6) is 0.945. The largest absolute Gasteiger partial charge is 0.489 e. The quantitative estimate of drug-likeness (QED) is 0.770. The van der Waals surface area contributed by atoms with Crippen molar-refractivity contribution in [1.29, 1.82) is 0 Å². The lowest BCUT2D eigenvalue weighted by atomic mass is 10.0. The van der Waals surface area contributed by atoms with Crippen LogP contribution in [0, 0.1) is 0 Å². The number of allylic oxidation sites excluding steroid dienone is 2. The Bertz CT molecular complexity index is 682. The second-order valence-electron chi connectivity index (χ2n) is 7.48. The second-order valence-corrected chi connectivity index (χ2v) is 7.48. The van der Waals surface area contributed by atoms with E-state index in [2.05, 4.69) is 47.0 Å². The molecule has 5 heteroatoms. The number of carbonyl (C=O) groups is 1. The SMILES string of the molecule is CC(C)N1CCC(Oc2ccc3c(c2)CC=C(C=O)N3N2CCC2)C1. The summed E-state index contributed by atoms with van der Waals surface area (Å²) in [6.07, 6.45) is 6.32. The predicted molar refractivity (Wildman–Crippen MR) is 98.7 cm³/mol. The molecule has 0 aliphatic carbocycles. The van der Waals surface area contributed by atoms with Gasteiger partial charge in [-0.1, -0.05) is 6.08 Å². The van der Waals surface area contributed by atoms with Gasteiger partial charge in [0.05, 0.1) is 11.4 Å². The lowest BCUT2D eigenvalue weighted by Gasteiger charge is -2.44. The molecule has 2 fully saturated rings. The minimum Gasteiger partial charge on any atom is -0.489 e. The topological polar surface area (TPSA) is 36.0 Å². The fraction of sp³-hybridized carbons (Fsp3) is 0.550. The summed E-state index contributed by atoms with van der Waals surface area (Å²) in [5.41, 5.74) is 3.10. The van der Waals surface area contributed by atoms with Crippen LogP contribution in [0.15, 0.2) is 30.0 Å². The van der Waals surface area contributed by atoms with E-state index in [-0.39, 0.29) is 6.10 Å². The molecule has 0 aromatic heterocycles. The zero-order valence-corrected chi connectivity index (χ0v) is 15.1. The number of fused-ring (bicyclic) bond motifs is 1. The molecule has 134 valence electrons. The number of rotatable bonds is 5. The zero-order chi connectivity index (χ0) is 17.4. The van der Waals surface area contributed by atoms with Gasteiger partial charge in [0.2, 0.25) is 0 Å². The maximum Gasteiger partial charge on any atom is 0.167 e. The third-order valence-electron chi connectivity index (χ3n) is 5.50. The predicted octanol–water partition coefficient (Wildman–Crippen LogP) is 2.61. The maximum absolute atomic E-state index is 11.4. The third-order valence-corrected chi connectivity index (χ3v) is 5.50. The molecule has 3 heterocycles. The minimum atomic E-state index is 0.275. The van der Waals surface area contributed by atoms with Crippen LogP contribution in [0.3, 0.4) is 0 Å². The van der Waals surface area contributed by atoms with Crippen molar-refractivity contribution >= 4 is 12.0 Å². The highest BCUT2D eigenvalue weighted by Gasteiger charge is 2.30. The smallest absolute Gasteiger partial charge is 0.167 e. The maximum atomic E-state index is 11.4.